The lowest BCUT2D eigenvalue weighted by Crippen LogP contribution is -2.25. The normalized spacial score (nSPS) is 14.7. The lowest BCUT2D eigenvalue weighted by Gasteiger charge is -2.20. The highest BCUT2D eigenvalue weighted by Gasteiger charge is 2.08. The molecule has 0 aliphatic carbocycles. The molecule has 0 rings (SSSR count). The van der Waals surface area contributed by atoms with E-state index in [0.717, 1.165) is 19.0 Å². The van der Waals surface area contributed by atoms with Crippen molar-refractivity contribution in [3.63, 3.8) is 0 Å². The largest absolute Gasteiger partial charge is 0.302 e. The molecular weight excluding hydrogens is 206 g/mol. The van der Waals surface area contributed by atoms with E-state index in [4.69, 9.17) is 11.6 Å². The zero-order chi connectivity index (χ0) is 11.8. The van der Waals surface area contributed by atoms with Crippen molar-refractivity contribution in [1.82, 2.24) is 4.90 Å². The first kappa shape index (κ1) is 14.7. The number of allylic oxidation sites excluding steroid dienone is 2. The van der Waals surface area contributed by atoms with Gasteiger partial charge in [-0.05, 0) is 38.4 Å². The van der Waals surface area contributed by atoms with Crippen LogP contribution in [0.5, 0.6) is 0 Å². The summed E-state index contributed by atoms with van der Waals surface area (Å²) in [7, 11) is 2.14. The number of rotatable bonds is 7. The molecular formula is C13H24ClN. The Morgan fingerprint density at radius 2 is 2.00 bits per heavy atom. The Kier molecular flexibility index (Phi) is 7.81. The molecule has 0 N–H and O–H groups in total. The van der Waals surface area contributed by atoms with Gasteiger partial charge in [-0.2, -0.15) is 0 Å². The second-order valence-corrected chi connectivity index (χ2v) is 5.17. The highest BCUT2D eigenvalue weighted by atomic mass is 35.5. The lowest BCUT2D eigenvalue weighted by atomic mass is 10.1. The quantitative estimate of drug-likeness (QED) is 0.475. The summed E-state index contributed by atoms with van der Waals surface area (Å²) in [5, 5.41) is 0.0875. The molecule has 2 heteroatoms. The third-order valence-electron chi connectivity index (χ3n) is 2.38. The topological polar surface area (TPSA) is 3.24 Å². The van der Waals surface area contributed by atoms with Crippen LogP contribution in [-0.4, -0.2) is 30.4 Å². The highest BCUT2D eigenvalue weighted by Crippen LogP contribution is 2.11. The molecule has 0 heterocycles. The summed E-state index contributed by atoms with van der Waals surface area (Å²) >= 11 is 6.09. The summed E-state index contributed by atoms with van der Waals surface area (Å²) < 4.78 is 0. The van der Waals surface area contributed by atoms with Crippen molar-refractivity contribution in [2.75, 3.05) is 20.1 Å². The molecule has 1 unspecified atom stereocenters. The van der Waals surface area contributed by atoms with Crippen LogP contribution in [0.1, 0.15) is 27.2 Å². The van der Waals surface area contributed by atoms with Crippen LogP contribution in [0.4, 0.5) is 0 Å². The number of halogens is 1. The molecule has 15 heavy (non-hydrogen) atoms. The van der Waals surface area contributed by atoms with Crippen molar-refractivity contribution >= 4 is 11.6 Å². The minimum absolute atomic E-state index is 0.0875. The number of hydrogen-bond acceptors (Lipinski definition) is 1. The first-order valence-electron chi connectivity index (χ1n) is 5.61. The first-order valence-corrected chi connectivity index (χ1v) is 6.05. The van der Waals surface area contributed by atoms with E-state index >= 15 is 0 Å². The Hall–Kier alpha value is -0.270. The van der Waals surface area contributed by atoms with Gasteiger partial charge >= 0.3 is 0 Å². The molecule has 0 saturated carbocycles. The molecule has 0 amide bonds. The van der Waals surface area contributed by atoms with E-state index in [0.29, 0.717) is 0 Å². The van der Waals surface area contributed by atoms with Crippen molar-refractivity contribution in [3.8, 4) is 0 Å². The molecule has 88 valence electrons. The van der Waals surface area contributed by atoms with Gasteiger partial charge in [-0.3, -0.25) is 0 Å². The van der Waals surface area contributed by atoms with Gasteiger partial charge in [0.25, 0.3) is 0 Å². The zero-order valence-electron chi connectivity index (χ0n) is 10.5. The van der Waals surface area contributed by atoms with Gasteiger partial charge in [-0.1, -0.05) is 32.6 Å². The van der Waals surface area contributed by atoms with Gasteiger partial charge in [0.15, 0.2) is 0 Å². The zero-order valence-corrected chi connectivity index (χ0v) is 11.2. The molecule has 1 nitrogen and oxygen atoms in total. The smallest absolute Gasteiger partial charge is 0.0532 e. The van der Waals surface area contributed by atoms with Crippen LogP contribution in [0.15, 0.2) is 24.3 Å². The average Bonchev–Trinajstić information content (AvgIpc) is 2.14. The third-order valence-corrected chi connectivity index (χ3v) is 2.66. The van der Waals surface area contributed by atoms with Crippen LogP contribution in [0, 0.1) is 5.92 Å². The molecule has 0 aliphatic rings. The van der Waals surface area contributed by atoms with Gasteiger partial charge in [-0.15, -0.1) is 11.6 Å². The second kappa shape index (κ2) is 7.95. The van der Waals surface area contributed by atoms with Crippen molar-refractivity contribution in [1.29, 1.82) is 0 Å². The van der Waals surface area contributed by atoms with E-state index in [9.17, 15) is 0 Å². The molecule has 0 aliphatic heterocycles. The van der Waals surface area contributed by atoms with Crippen LogP contribution in [0.25, 0.3) is 0 Å². The second-order valence-electron chi connectivity index (χ2n) is 4.51. The number of nitrogens with zero attached hydrogens (tertiary/aromatic N) is 1. The van der Waals surface area contributed by atoms with E-state index in [1.807, 2.05) is 19.1 Å². The Labute approximate surface area is 99.8 Å². The Morgan fingerprint density at radius 1 is 1.40 bits per heavy atom. The van der Waals surface area contributed by atoms with Crippen LogP contribution < -0.4 is 0 Å². The van der Waals surface area contributed by atoms with Crippen LogP contribution in [0.2, 0.25) is 0 Å². The van der Waals surface area contributed by atoms with Gasteiger partial charge in [0.1, 0.15) is 0 Å². The first-order chi connectivity index (χ1) is 6.97. The Balaban J connectivity index is 4.06. The Morgan fingerprint density at radius 3 is 2.40 bits per heavy atom. The summed E-state index contributed by atoms with van der Waals surface area (Å²) in [5.74, 6) is 0.757. The van der Waals surface area contributed by atoms with Gasteiger partial charge in [-0.25, -0.2) is 0 Å². The molecule has 0 aromatic heterocycles. The van der Waals surface area contributed by atoms with Crippen molar-refractivity contribution in [2.24, 2.45) is 5.92 Å². The summed E-state index contributed by atoms with van der Waals surface area (Å²) in [4.78, 5) is 2.31. The SMILES string of the molecule is C=C/C=C(/CN(C)CCC(C)C)C(C)Cl. The average molecular weight is 230 g/mol. The molecule has 0 saturated heterocycles. The maximum Gasteiger partial charge on any atom is 0.0532 e. The maximum absolute atomic E-state index is 6.09. The summed E-state index contributed by atoms with van der Waals surface area (Å²) in [6.45, 7) is 12.3. The van der Waals surface area contributed by atoms with E-state index in [2.05, 4.69) is 32.4 Å². The monoisotopic (exact) mass is 229 g/mol. The number of likely N-dealkylation sites (N-methyl/N-ethyl adjacent to an activating group) is 1. The summed E-state index contributed by atoms with van der Waals surface area (Å²) in [6.07, 6.45) is 5.06. The molecule has 0 bridgehead atoms. The van der Waals surface area contributed by atoms with Crippen LogP contribution in [-0.2, 0) is 0 Å². The molecule has 0 radical (unpaired) electrons. The number of alkyl halides is 1. The predicted molar refractivity (Wildman–Crippen MR) is 70.5 cm³/mol. The standard InChI is InChI=1S/C13H24ClN/c1-6-7-13(12(4)14)10-15(5)9-8-11(2)3/h6-7,11-12H,1,8-10H2,2-5H3/b13-7-. The third kappa shape index (κ3) is 7.64. The van der Waals surface area contributed by atoms with Crippen LogP contribution in [0.3, 0.4) is 0 Å². The fourth-order valence-electron chi connectivity index (χ4n) is 1.33. The minimum atomic E-state index is 0.0875. The van der Waals surface area contributed by atoms with Gasteiger partial charge in [0.05, 0.1) is 5.38 Å². The van der Waals surface area contributed by atoms with E-state index in [-0.39, 0.29) is 5.38 Å². The van der Waals surface area contributed by atoms with Crippen molar-refractivity contribution < 1.29 is 0 Å². The number of hydrogen-bond donors (Lipinski definition) is 0. The predicted octanol–water partition coefficient (Wildman–Crippen LogP) is 3.70. The molecule has 1 atom stereocenters. The molecule has 0 aromatic rings. The summed E-state index contributed by atoms with van der Waals surface area (Å²) in [5.41, 5.74) is 1.23. The minimum Gasteiger partial charge on any atom is -0.302 e. The van der Waals surface area contributed by atoms with E-state index < -0.39 is 0 Å². The fraction of sp³-hybridized carbons (Fsp3) is 0.692. The van der Waals surface area contributed by atoms with E-state index in [1.54, 1.807) is 0 Å². The van der Waals surface area contributed by atoms with Crippen LogP contribution >= 0.6 is 11.6 Å². The van der Waals surface area contributed by atoms with Gasteiger partial charge < -0.3 is 4.90 Å². The molecule has 0 spiro atoms. The molecule has 0 fully saturated rings. The summed E-state index contributed by atoms with van der Waals surface area (Å²) in [6, 6.07) is 0. The lowest BCUT2D eigenvalue weighted by molar-refractivity contribution is 0.331. The van der Waals surface area contributed by atoms with Gasteiger partial charge in [0, 0.05) is 6.54 Å². The van der Waals surface area contributed by atoms with Crippen molar-refractivity contribution in [3.05, 3.63) is 24.3 Å². The molecule has 0 aromatic carbocycles. The van der Waals surface area contributed by atoms with E-state index in [1.165, 1.54) is 12.0 Å². The Bertz CT molecular complexity index is 207. The van der Waals surface area contributed by atoms with Gasteiger partial charge in [0.2, 0.25) is 0 Å². The fourth-order valence-corrected chi connectivity index (χ4v) is 1.47. The maximum atomic E-state index is 6.09. The van der Waals surface area contributed by atoms with Crippen molar-refractivity contribution in [2.45, 2.75) is 32.6 Å². The highest BCUT2D eigenvalue weighted by molar-refractivity contribution is 6.22.